The summed E-state index contributed by atoms with van der Waals surface area (Å²) < 4.78 is 21.0. The number of methoxy groups -OCH3 is 1. The summed E-state index contributed by atoms with van der Waals surface area (Å²) in [5.41, 5.74) is 0.667. The first-order chi connectivity index (χ1) is 9.77. The molecule has 1 N–H and O–H groups in total. The molecule has 0 fully saturated rings. The van der Waals surface area contributed by atoms with E-state index in [1.54, 1.807) is 25.3 Å². The van der Waals surface area contributed by atoms with E-state index in [1.165, 1.54) is 0 Å². The number of hydrogen-bond acceptors (Lipinski definition) is 5. The summed E-state index contributed by atoms with van der Waals surface area (Å²) in [6, 6.07) is 5.14. The summed E-state index contributed by atoms with van der Waals surface area (Å²) >= 11 is 5.84. The fourth-order valence-corrected chi connectivity index (χ4v) is 1.68. The van der Waals surface area contributed by atoms with Crippen molar-refractivity contribution in [3.63, 3.8) is 0 Å². The van der Waals surface area contributed by atoms with E-state index in [0.717, 1.165) is 0 Å². The van der Waals surface area contributed by atoms with E-state index in [0.29, 0.717) is 56.0 Å². The van der Waals surface area contributed by atoms with Crippen LogP contribution in [0.1, 0.15) is 5.56 Å². The maximum Gasteiger partial charge on any atom is 0.125 e. The third kappa shape index (κ3) is 7.07. The molecule has 0 aliphatic rings. The molecule has 20 heavy (non-hydrogen) atoms. The Morgan fingerprint density at radius 3 is 2.30 bits per heavy atom. The van der Waals surface area contributed by atoms with Crippen LogP contribution in [0.25, 0.3) is 0 Å². The van der Waals surface area contributed by atoms with Crippen molar-refractivity contribution in [3.8, 4) is 5.75 Å². The van der Waals surface area contributed by atoms with Crippen molar-refractivity contribution in [2.45, 2.75) is 6.61 Å². The van der Waals surface area contributed by atoms with Crippen molar-refractivity contribution in [2.24, 2.45) is 0 Å². The first-order valence-electron chi connectivity index (χ1n) is 6.44. The van der Waals surface area contributed by atoms with Crippen LogP contribution in [0.2, 0.25) is 5.02 Å². The lowest BCUT2D eigenvalue weighted by molar-refractivity contribution is 0.0178. The average Bonchev–Trinajstić information content (AvgIpc) is 2.46. The summed E-state index contributed by atoms with van der Waals surface area (Å²) in [5.74, 6) is 0.622. The smallest absolute Gasteiger partial charge is 0.125 e. The minimum absolute atomic E-state index is 0.107. The van der Waals surface area contributed by atoms with Crippen LogP contribution in [0.4, 0.5) is 0 Å². The van der Waals surface area contributed by atoms with Crippen molar-refractivity contribution >= 4 is 11.6 Å². The van der Waals surface area contributed by atoms with Crippen molar-refractivity contribution in [2.75, 3.05) is 46.8 Å². The molecule has 1 rings (SSSR count). The van der Waals surface area contributed by atoms with Gasteiger partial charge in [-0.25, -0.2) is 0 Å². The van der Waals surface area contributed by atoms with Crippen LogP contribution in [0.15, 0.2) is 18.2 Å². The number of hydrogen-bond donors (Lipinski definition) is 1. The highest BCUT2D eigenvalue weighted by Gasteiger charge is 2.03. The van der Waals surface area contributed by atoms with Gasteiger partial charge in [0, 0.05) is 17.7 Å². The Hall–Kier alpha value is -0.850. The summed E-state index contributed by atoms with van der Waals surface area (Å²) in [5, 5.41) is 9.76. The van der Waals surface area contributed by atoms with Gasteiger partial charge in [-0.05, 0) is 18.2 Å². The van der Waals surface area contributed by atoms with Gasteiger partial charge in [0.1, 0.15) is 12.4 Å². The summed E-state index contributed by atoms with van der Waals surface area (Å²) in [6.45, 7) is 2.97. The molecule has 0 amide bonds. The SMILES string of the molecule is COCCOCCOCCOc1ccc(Cl)cc1CO. The Balaban J connectivity index is 2.09. The van der Waals surface area contributed by atoms with Gasteiger partial charge < -0.3 is 24.1 Å². The number of benzene rings is 1. The van der Waals surface area contributed by atoms with Crippen LogP contribution < -0.4 is 4.74 Å². The lowest BCUT2D eigenvalue weighted by Crippen LogP contribution is -2.12. The van der Waals surface area contributed by atoms with E-state index in [-0.39, 0.29) is 6.61 Å². The highest BCUT2D eigenvalue weighted by Crippen LogP contribution is 2.22. The molecule has 0 aliphatic heterocycles. The molecule has 1 aromatic carbocycles. The lowest BCUT2D eigenvalue weighted by atomic mass is 10.2. The van der Waals surface area contributed by atoms with Crippen LogP contribution in [0.5, 0.6) is 5.75 Å². The Bertz CT molecular complexity index is 373. The van der Waals surface area contributed by atoms with Gasteiger partial charge >= 0.3 is 0 Å². The second kappa shape index (κ2) is 10.9. The molecule has 1 aromatic rings. The molecule has 114 valence electrons. The Morgan fingerprint density at radius 2 is 1.65 bits per heavy atom. The molecule has 0 saturated heterocycles. The van der Waals surface area contributed by atoms with Crippen LogP contribution in [0.3, 0.4) is 0 Å². The summed E-state index contributed by atoms with van der Waals surface area (Å²) in [4.78, 5) is 0. The molecule has 0 aromatic heterocycles. The van der Waals surface area contributed by atoms with Crippen molar-refractivity contribution in [1.29, 1.82) is 0 Å². The van der Waals surface area contributed by atoms with E-state index >= 15 is 0 Å². The standard InChI is InChI=1S/C14H21ClO5/c1-17-4-5-18-6-7-19-8-9-20-14-3-2-13(15)10-12(14)11-16/h2-3,10,16H,4-9,11H2,1H3. The molecule has 0 radical (unpaired) electrons. The monoisotopic (exact) mass is 304 g/mol. The van der Waals surface area contributed by atoms with Crippen molar-refractivity contribution in [1.82, 2.24) is 0 Å². The van der Waals surface area contributed by atoms with Crippen molar-refractivity contribution in [3.05, 3.63) is 28.8 Å². The maximum absolute atomic E-state index is 9.19. The topological polar surface area (TPSA) is 57.2 Å². The van der Waals surface area contributed by atoms with Gasteiger partial charge in [-0.1, -0.05) is 11.6 Å². The maximum atomic E-state index is 9.19. The average molecular weight is 305 g/mol. The summed E-state index contributed by atoms with van der Waals surface area (Å²) in [7, 11) is 1.63. The van der Waals surface area contributed by atoms with Gasteiger partial charge in [-0.3, -0.25) is 0 Å². The zero-order valence-electron chi connectivity index (χ0n) is 11.6. The van der Waals surface area contributed by atoms with Gasteiger partial charge in [-0.2, -0.15) is 0 Å². The second-order valence-electron chi connectivity index (χ2n) is 3.98. The number of ether oxygens (including phenoxy) is 4. The molecule has 0 unspecified atom stereocenters. The number of aliphatic hydroxyl groups is 1. The van der Waals surface area contributed by atoms with Gasteiger partial charge in [0.25, 0.3) is 0 Å². The van der Waals surface area contributed by atoms with E-state index in [2.05, 4.69) is 0 Å². The zero-order chi connectivity index (χ0) is 14.6. The predicted octanol–water partition coefficient (Wildman–Crippen LogP) is 1.89. The highest BCUT2D eigenvalue weighted by molar-refractivity contribution is 6.30. The third-order valence-corrected chi connectivity index (χ3v) is 2.72. The molecule has 5 nitrogen and oxygen atoms in total. The molecule has 0 heterocycles. The molecular formula is C14H21ClO5. The quantitative estimate of drug-likeness (QED) is 0.633. The Labute approximate surface area is 124 Å². The molecule has 0 atom stereocenters. The number of rotatable bonds is 11. The second-order valence-corrected chi connectivity index (χ2v) is 4.41. The van der Waals surface area contributed by atoms with E-state index < -0.39 is 0 Å². The fraction of sp³-hybridized carbons (Fsp3) is 0.571. The normalized spacial score (nSPS) is 10.8. The van der Waals surface area contributed by atoms with Gasteiger partial charge in [-0.15, -0.1) is 0 Å². The number of halogens is 1. The van der Waals surface area contributed by atoms with Crippen LogP contribution in [0, 0.1) is 0 Å². The fourth-order valence-electron chi connectivity index (χ4n) is 1.49. The molecule has 0 bridgehead atoms. The first-order valence-corrected chi connectivity index (χ1v) is 6.82. The minimum Gasteiger partial charge on any atom is -0.491 e. The van der Waals surface area contributed by atoms with Crippen LogP contribution in [-0.2, 0) is 20.8 Å². The van der Waals surface area contributed by atoms with E-state index in [4.69, 9.17) is 30.5 Å². The highest BCUT2D eigenvalue weighted by atomic mass is 35.5. The van der Waals surface area contributed by atoms with E-state index in [9.17, 15) is 5.11 Å². The molecular weight excluding hydrogens is 284 g/mol. The number of aliphatic hydroxyl groups excluding tert-OH is 1. The van der Waals surface area contributed by atoms with Gasteiger partial charge in [0.2, 0.25) is 0 Å². The van der Waals surface area contributed by atoms with Crippen LogP contribution >= 0.6 is 11.6 Å². The predicted molar refractivity (Wildman–Crippen MR) is 76.4 cm³/mol. The molecule has 6 heteroatoms. The zero-order valence-corrected chi connectivity index (χ0v) is 12.4. The lowest BCUT2D eigenvalue weighted by Gasteiger charge is -2.11. The minimum atomic E-state index is -0.107. The van der Waals surface area contributed by atoms with Gasteiger partial charge in [0.05, 0.1) is 39.6 Å². The molecule has 0 spiro atoms. The van der Waals surface area contributed by atoms with Crippen LogP contribution in [-0.4, -0.2) is 51.9 Å². The molecule has 0 saturated carbocycles. The molecule has 0 aliphatic carbocycles. The Kier molecular flexibility index (Phi) is 9.36. The largest absolute Gasteiger partial charge is 0.491 e. The third-order valence-electron chi connectivity index (χ3n) is 2.48. The van der Waals surface area contributed by atoms with E-state index in [1.807, 2.05) is 0 Å². The van der Waals surface area contributed by atoms with Crippen molar-refractivity contribution < 1.29 is 24.1 Å². The Morgan fingerprint density at radius 1 is 1.00 bits per heavy atom. The summed E-state index contributed by atoms with van der Waals surface area (Å²) in [6.07, 6.45) is 0. The first kappa shape index (κ1) is 17.2. The van der Waals surface area contributed by atoms with Gasteiger partial charge in [0.15, 0.2) is 0 Å².